The van der Waals surface area contributed by atoms with Crippen molar-refractivity contribution in [1.29, 1.82) is 0 Å². The molecule has 2 bridgehead atoms. The number of rotatable bonds is 3. The molecule has 1 unspecified atom stereocenters. The van der Waals surface area contributed by atoms with Gasteiger partial charge in [-0.05, 0) is 60.9 Å². The van der Waals surface area contributed by atoms with Crippen LogP contribution in [0, 0.1) is 5.95 Å². The largest absolute Gasteiger partial charge is 0.337 e. The third kappa shape index (κ3) is 2.14. The molecule has 0 N–H and O–H groups in total. The predicted molar refractivity (Wildman–Crippen MR) is 90.4 cm³/mol. The van der Waals surface area contributed by atoms with Crippen LogP contribution in [0.2, 0.25) is 0 Å². The molecule has 0 aromatic carbocycles. The van der Waals surface area contributed by atoms with Gasteiger partial charge in [-0.15, -0.1) is 0 Å². The zero-order valence-corrected chi connectivity index (χ0v) is 14.0. The second kappa shape index (κ2) is 5.10. The Morgan fingerprint density at radius 2 is 1.88 bits per heavy atom. The molecule has 3 heterocycles. The monoisotopic (exact) mass is 337 g/mol. The molecule has 0 spiro atoms. The van der Waals surface area contributed by atoms with Gasteiger partial charge in [-0.25, -0.2) is 4.98 Å². The molecule has 25 heavy (non-hydrogen) atoms. The molecule has 3 aliphatic carbocycles. The van der Waals surface area contributed by atoms with Gasteiger partial charge < -0.3 is 4.90 Å². The van der Waals surface area contributed by atoms with Gasteiger partial charge in [0.05, 0.1) is 0 Å². The van der Waals surface area contributed by atoms with Crippen LogP contribution in [0.5, 0.6) is 0 Å². The van der Waals surface area contributed by atoms with Gasteiger partial charge >= 0.3 is 0 Å². The molecular formula is C20H20FN3O. The second-order valence-electron chi connectivity index (χ2n) is 7.92. The standard InChI is InChI=1S/C20H20FN3O/c21-17-2-1-15(10-23-17)14-5-8-24(18(25)9-14)20-11-19(12-20,13-20)16-3-6-22-7-4-16/h1-4,6-7,10,14H,5,8-9,11-13H2. The van der Waals surface area contributed by atoms with Crippen LogP contribution in [-0.2, 0) is 10.2 Å². The molecule has 3 saturated carbocycles. The minimum atomic E-state index is -0.470. The van der Waals surface area contributed by atoms with Gasteiger partial charge in [0.25, 0.3) is 0 Å². The zero-order valence-electron chi connectivity index (χ0n) is 14.0. The summed E-state index contributed by atoms with van der Waals surface area (Å²) in [5, 5.41) is 0. The molecule has 128 valence electrons. The van der Waals surface area contributed by atoms with Gasteiger partial charge in [0.15, 0.2) is 0 Å². The fourth-order valence-corrected chi connectivity index (χ4v) is 5.28. The quantitative estimate of drug-likeness (QED) is 0.808. The van der Waals surface area contributed by atoms with Crippen LogP contribution in [0.4, 0.5) is 4.39 Å². The number of likely N-dealkylation sites (tertiary alicyclic amines) is 1. The van der Waals surface area contributed by atoms with E-state index in [9.17, 15) is 9.18 Å². The molecule has 1 atom stereocenters. The van der Waals surface area contributed by atoms with Crippen LogP contribution in [-0.4, -0.2) is 32.9 Å². The number of halogens is 1. The SMILES string of the molecule is O=C1CC(c2ccc(F)nc2)CCN1C12CC(c3ccncc3)(C1)C2. The number of carbonyl (C=O) groups excluding carboxylic acids is 1. The zero-order chi connectivity index (χ0) is 17.1. The van der Waals surface area contributed by atoms with Gasteiger partial charge in [-0.2, -0.15) is 4.39 Å². The van der Waals surface area contributed by atoms with E-state index in [1.54, 1.807) is 12.3 Å². The maximum atomic E-state index is 13.0. The van der Waals surface area contributed by atoms with E-state index in [0.29, 0.717) is 6.42 Å². The van der Waals surface area contributed by atoms with Gasteiger partial charge in [0.2, 0.25) is 11.9 Å². The molecule has 1 aliphatic heterocycles. The van der Waals surface area contributed by atoms with Crippen LogP contribution < -0.4 is 0 Å². The van der Waals surface area contributed by atoms with Crippen molar-refractivity contribution in [2.75, 3.05) is 6.54 Å². The van der Waals surface area contributed by atoms with E-state index in [0.717, 1.165) is 37.8 Å². The van der Waals surface area contributed by atoms with E-state index in [4.69, 9.17) is 0 Å². The maximum absolute atomic E-state index is 13.0. The lowest BCUT2D eigenvalue weighted by atomic mass is 9.37. The highest BCUT2D eigenvalue weighted by molar-refractivity contribution is 5.80. The number of carbonyl (C=O) groups is 1. The number of hydrogen-bond donors (Lipinski definition) is 0. The molecule has 1 saturated heterocycles. The van der Waals surface area contributed by atoms with Gasteiger partial charge in [0, 0.05) is 42.5 Å². The Bertz CT molecular complexity index is 801. The highest BCUT2D eigenvalue weighted by Gasteiger charge is 2.71. The molecule has 2 aromatic heterocycles. The Kier molecular flexibility index (Phi) is 3.06. The summed E-state index contributed by atoms with van der Waals surface area (Å²) in [6.45, 7) is 0.799. The topological polar surface area (TPSA) is 46.1 Å². The third-order valence-electron chi connectivity index (χ3n) is 6.51. The highest BCUT2D eigenvalue weighted by Crippen LogP contribution is 2.70. The lowest BCUT2D eigenvalue weighted by Crippen LogP contribution is -2.78. The van der Waals surface area contributed by atoms with Crippen molar-refractivity contribution < 1.29 is 9.18 Å². The molecular weight excluding hydrogens is 317 g/mol. The maximum Gasteiger partial charge on any atom is 0.223 e. The van der Waals surface area contributed by atoms with E-state index in [1.165, 1.54) is 11.6 Å². The van der Waals surface area contributed by atoms with Crippen LogP contribution in [0.25, 0.3) is 0 Å². The van der Waals surface area contributed by atoms with E-state index >= 15 is 0 Å². The average Bonchev–Trinajstić information content (AvgIpc) is 2.56. The fraction of sp³-hybridized carbons (Fsp3) is 0.450. The van der Waals surface area contributed by atoms with Crippen LogP contribution in [0.1, 0.15) is 49.1 Å². The van der Waals surface area contributed by atoms with Crippen LogP contribution in [0.3, 0.4) is 0 Å². The minimum Gasteiger partial charge on any atom is -0.337 e. The summed E-state index contributed by atoms with van der Waals surface area (Å²) in [6, 6.07) is 7.36. The Morgan fingerprint density at radius 3 is 2.52 bits per heavy atom. The third-order valence-corrected chi connectivity index (χ3v) is 6.51. The van der Waals surface area contributed by atoms with Crippen molar-refractivity contribution in [3.8, 4) is 0 Å². The Labute approximate surface area is 146 Å². The Balaban J connectivity index is 1.26. The summed E-state index contributed by atoms with van der Waals surface area (Å²) < 4.78 is 13.0. The molecule has 6 rings (SSSR count). The first kappa shape index (κ1) is 15.0. The normalized spacial score (nSPS) is 33.6. The number of aromatic nitrogens is 2. The molecule has 4 aliphatic rings. The number of pyridine rings is 2. The lowest BCUT2D eigenvalue weighted by Gasteiger charge is -2.74. The first-order valence-electron chi connectivity index (χ1n) is 8.93. The van der Waals surface area contributed by atoms with Crippen molar-refractivity contribution in [3.63, 3.8) is 0 Å². The van der Waals surface area contributed by atoms with E-state index in [1.807, 2.05) is 12.4 Å². The fourth-order valence-electron chi connectivity index (χ4n) is 5.28. The number of nitrogens with zero attached hydrogens (tertiary/aromatic N) is 3. The van der Waals surface area contributed by atoms with Gasteiger partial charge in [0.1, 0.15) is 0 Å². The highest BCUT2D eigenvalue weighted by atomic mass is 19.1. The van der Waals surface area contributed by atoms with Crippen molar-refractivity contribution in [2.45, 2.75) is 49.0 Å². The Morgan fingerprint density at radius 1 is 1.12 bits per heavy atom. The van der Waals surface area contributed by atoms with Crippen LogP contribution >= 0.6 is 0 Å². The summed E-state index contributed by atoms with van der Waals surface area (Å²) in [7, 11) is 0. The van der Waals surface area contributed by atoms with Crippen LogP contribution in [0.15, 0.2) is 42.9 Å². The van der Waals surface area contributed by atoms with Crippen molar-refractivity contribution in [2.24, 2.45) is 0 Å². The summed E-state index contributed by atoms with van der Waals surface area (Å²) in [6.07, 6.45) is 9.98. The molecule has 4 nitrogen and oxygen atoms in total. The average molecular weight is 337 g/mol. The summed E-state index contributed by atoms with van der Waals surface area (Å²) >= 11 is 0. The summed E-state index contributed by atoms with van der Waals surface area (Å²) in [5.74, 6) is -0.0650. The predicted octanol–water partition coefficient (Wildman–Crippen LogP) is 3.20. The van der Waals surface area contributed by atoms with Gasteiger partial charge in [-0.1, -0.05) is 6.07 Å². The molecule has 1 amide bonds. The number of piperidine rings is 1. The van der Waals surface area contributed by atoms with Crippen molar-refractivity contribution in [1.82, 2.24) is 14.9 Å². The molecule has 0 radical (unpaired) electrons. The smallest absolute Gasteiger partial charge is 0.223 e. The van der Waals surface area contributed by atoms with E-state index in [-0.39, 0.29) is 22.8 Å². The minimum absolute atomic E-state index is 0.0897. The summed E-state index contributed by atoms with van der Waals surface area (Å²) in [4.78, 5) is 22.7. The summed E-state index contributed by atoms with van der Waals surface area (Å²) in [5.41, 5.74) is 2.71. The second-order valence-corrected chi connectivity index (χ2v) is 7.92. The van der Waals surface area contributed by atoms with E-state index in [2.05, 4.69) is 27.0 Å². The van der Waals surface area contributed by atoms with E-state index < -0.39 is 5.95 Å². The molecule has 5 heteroatoms. The first-order valence-corrected chi connectivity index (χ1v) is 8.93. The van der Waals surface area contributed by atoms with Crippen molar-refractivity contribution >= 4 is 5.91 Å². The molecule has 4 fully saturated rings. The number of amides is 1. The van der Waals surface area contributed by atoms with Crippen molar-refractivity contribution in [3.05, 3.63) is 59.9 Å². The number of hydrogen-bond acceptors (Lipinski definition) is 3. The first-order chi connectivity index (χ1) is 12.1. The van der Waals surface area contributed by atoms with Gasteiger partial charge in [-0.3, -0.25) is 9.78 Å². The lowest BCUT2D eigenvalue weighted by molar-refractivity contribution is -0.189. The molecule has 2 aromatic rings. The Hall–Kier alpha value is -2.30.